The van der Waals surface area contributed by atoms with Crippen molar-refractivity contribution in [2.45, 2.75) is 96.8 Å². The number of nitrogens with one attached hydrogen (secondary N) is 1. The summed E-state index contributed by atoms with van der Waals surface area (Å²) in [5, 5.41) is 8.49. The summed E-state index contributed by atoms with van der Waals surface area (Å²) in [5.41, 5.74) is 2.12. The van der Waals surface area contributed by atoms with Crippen LogP contribution in [0.3, 0.4) is 0 Å². The Balaban J connectivity index is 0.000000330. The Morgan fingerprint density at radius 1 is 0.852 bits per heavy atom. The molecule has 0 saturated carbocycles. The van der Waals surface area contributed by atoms with Crippen LogP contribution in [0.25, 0.3) is 11.0 Å². The zero-order valence-corrected chi connectivity index (χ0v) is 17.1. The number of unbranched alkanes of at least 4 members (excludes halogenated alkanes) is 12. The number of H-pyrrole nitrogens is 1. The number of carbonyl (C=O) groups is 1. The number of hydrogen-bond donors (Lipinski definition) is 2. The van der Waals surface area contributed by atoms with Gasteiger partial charge in [0.1, 0.15) is 0 Å². The number of aliphatic carboxylic acids is 1. The molecule has 0 aliphatic heterocycles. The van der Waals surface area contributed by atoms with Crippen molar-refractivity contribution < 1.29 is 9.90 Å². The number of hydrogen-bond acceptors (Lipinski definition) is 2. The van der Waals surface area contributed by atoms with E-state index in [0.717, 1.165) is 23.9 Å². The highest BCUT2D eigenvalue weighted by atomic mass is 16.4. The normalized spacial score (nSPS) is 10.6. The third-order valence-corrected chi connectivity index (χ3v) is 4.82. The summed E-state index contributed by atoms with van der Waals surface area (Å²) in [7, 11) is 0. The maximum atomic E-state index is 10.3. The van der Waals surface area contributed by atoms with Crippen LogP contribution in [0, 0.1) is 0 Å². The van der Waals surface area contributed by atoms with Crippen molar-refractivity contribution in [1.29, 1.82) is 0 Å². The quantitative estimate of drug-likeness (QED) is 0.346. The number of fused-ring (bicyclic) bond motifs is 1. The minimum absolute atomic E-state index is 0.345. The number of para-hydroxylation sites is 2. The van der Waals surface area contributed by atoms with Crippen molar-refractivity contribution in [3.8, 4) is 0 Å². The summed E-state index contributed by atoms with van der Waals surface area (Å²) < 4.78 is 0. The van der Waals surface area contributed by atoms with Crippen molar-refractivity contribution in [2.24, 2.45) is 0 Å². The molecule has 27 heavy (non-hydrogen) atoms. The summed E-state index contributed by atoms with van der Waals surface area (Å²) in [6, 6.07) is 7.94. The highest BCUT2D eigenvalue weighted by molar-refractivity contribution is 5.73. The van der Waals surface area contributed by atoms with Gasteiger partial charge in [0.2, 0.25) is 0 Å². The minimum atomic E-state index is -0.655. The van der Waals surface area contributed by atoms with Crippen LogP contribution in [0.15, 0.2) is 30.6 Å². The van der Waals surface area contributed by atoms with Crippen molar-refractivity contribution in [2.75, 3.05) is 0 Å². The van der Waals surface area contributed by atoms with Gasteiger partial charge in [-0.1, -0.05) is 96.1 Å². The van der Waals surface area contributed by atoms with Gasteiger partial charge in [0.25, 0.3) is 0 Å². The fourth-order valence-electron chi connectivity index (χ4n) is 3.17. The predicted molar refractivity (Wildman–Crippen MR) is 114 cm³/mol. The van der Waals surface area contributed by atoms with Gasteiger partial charge in [0.05, 0.1) is 17.4 Å². The molecule has 4 nitrogen and oxygen atoms in total. The molecule has 0 atom stereocenters. The van der Waals surface area contributed by atoms with E-state index in [2.05, 4.69) is 16.9 Å². The maximum Gasteiger partial charge on any atom is 0.303 e. The summed E-state index contributed by atoms with van der Waals surface area (Å²) in [6.07, 6.45) is 19.0. The summed E-state index contributed by atoms with van der Waals surface area (Å²) >= 11 is 0. The van der Waals surface area contributed by atoms with Gasteiger partial charge in [-0.15, -0.1) is 0 Å². The molecule has 0 aliphatic rings. The Morgan fingerprint density at radius 3 is 1.89 bits per heavy atom. The zero-order chi connectivity index (χ0) is 19.6. The monoisotopic (exact) mass is 374 g/mol. The summed E-state index contributed by atoms with van der Waals surface area (Å²) in [6.45, 7) is 2.26. The number of nitrogens with zero attached hydrogens (tertiary/aromatic N) is 1. The Morgan fingerprint density at radius 2 is 1.37 bits per heavy atom. The van der Waals surface area contributed by atoms with E-state index in [1.165, 1.54) is 70.6 Å². The van der Waals surface area contributed by atoms with Crippen LogP contribution < -0.4 is 0 Å². The molecule has 1 aromatic carbocycles. The average molecular weight is 375 g/mol. The van der Waals surface area contributed by atoms with Crippen molar-refractivity contribution >= 4 is 17.0 Å². The maximum absolute atomic E-state index is 10.3. The van der Waals surface area contributed by atoms with Gasteiger partial charge in [-0.3, -0.25) is 4.79 Å². The van der Waals surface area contributed by atoms with E-state index in [4.69, 9.17) is 5.11 Å². The molecule has 0 amide bonds. The molecule has 2 N–H and O–H groups in total. The van der Waals surface area contributed by atoms with E-state index in [1.54, 1.807) is 6.33 Å². The van der Waals surface area contributed by atoms with Gasteiger partial charge in [-0.25, -0.2) is 4.98 Å². The molecule has 1 heterocycles. The van der Waals surface area contributed by atoms with Crippen molar-refractivity contribution in [3.05, 3.63) is 30.6 Å². The second-order valence-electron chi connectivity index (χ2n) is 7.31. The number of carboxylic acids is 1. The fourth-order valence-corrected chi connectivity index (χ4v) is 3.17. The smallest absolute Gasteiger partial charge is 0.303 e. The topological polar surface area (TPSA) is 66.0 Å². The SMILES string of the molecule is CCCCCCCCCCCCCCCC(=O)O.c1ccc2[nH]cnc2c1. The van der Waals surface area contributed by atoms with Crippen LogP contribution in [0.5, 0.6) is 0 Å². The summed E-state index contributed by atoms with van der Waals surface area (Å²) in [4.78, 5) is 17.4. The van der Waals surface area contributed by atoms with Gasteiger partial charge in [0.15, 0.2) is 0 Å². The van der Waals surface area contributed by atoms with E-state index in [-0.39, 0.29) is 0 Å². The lowest BCUT2D eigenvalue weighted by atomic mass is 10.0. The van der Waals surface area contributed by atoms with Crippen molar-refractivity contribution in [3.63, 3.8) is 0 Å². The van der Waals surface area contributed by atoms with Gasteiger partial charge in [0, 0.05) is 6.42 Å². The molecular formula is C23H38N2O2. The molecule has 2 aromatic rings. The first-order valence-electron chi connectivity index (χ1n) is 10.8. The van der Waals surface area contributed by atoms with E-state index in [0.29, 0.717) is 6.42 Å². The average Bonchev–Trinajstić information content (AvgIpc) is 3.14. The predicted octanol–water partition coefficient (Wildman–Crippen LogP) is 7.12. The Bertz CT molecular complexity index is 565. The van der Waals surface area contributed by atoms with E-state index >= 15 is 0 Å². The van der Waals surface area contributed by atoms with E-state index < -0.39 is 5.97 Å². The standard InChI is InChI=1S/C16H32O2.C7H6N2/c1-2-3-4-5-6-7-8-9-10-11-12-13-14-15-16(17)18;1-2-4-7-6(3-1)8-5-9-7/h2-15H2,1H3,(H,17,18);1-5H,(H,8,9). The Kier molecular flexibility index (Phi) is 14.0. The highest BCUT2D eigenvalue weighted by Gasteiger charge is 1.96. The minimum Gasteiger partial charge on any atom is -0.481 e. The molecule has 4 heteroatoms. The molecule has 0 fully saturated rings. The second kappa shape index (κ2) is 16.3. The number of aromatic nitrogens is 2. The molecule has 0 unspecified atom stereocenters. The molecule has 0 aliphatic carbocycles. The number of rotatable bonds is 14. The van der Waals surface area contributed by atoms with Crippen molar-refractivity contribution in [1.82, 2.24) is 9.97 Å². The van der Waals surface area contributed by atoms with Gasteiger partial charge in [-0.05, 0) is 18.6 Å². The zero-order valence-electron chi connectivity index (χ0n) is 17.1. The number of aromatic amines is 1. The molecule has 1 aromatic heterocycles. The van der Waals surface area contributed by atoms with E-state index in [9.17, 15) is 4.79 Å². The largest absolute Gasteiger partial charge is 0.481 e. The first-order chi connectivity index (χ1) is 13.2. The molecule has 0 saturated heterocycles. The lowest BCUT2D eigenvalue weighted by Gasteiger charge is -2.02. The molecular weight excluding hydrogens is 336 g/mol. The highest BCUT2D eigenvalue weighted by Crippen LogP contribution is 2.12. The van der Waals surface area contributed by atoms with Gasteiger partial charge >= 0.3 is 5.97 Å². The van der Waals surface area contributed by atoms with Crippen LogP contribution in [0.2, 0.25) is 0 Å². The summed E-state index contributed by atoms with van der Waals surface area (Å²) in [5.74, 6) is -0.655. The number of imidazole rings is 1. The molecule has 152 valence electrons. The first-order valence-corrected chi connectivity index (χ1v) is 10.8. The lowest BCUT2D eigenvalue weighted by molar-refractivity contribution is -0.137. The van der Waals surface area contributed by atoms with Crippen LogP contribution in [-0.4, -0.2) is 21.0 Å². The van der Waals surface area contributed by atoms with Crippen LogP contribution >= 0.6 is 0 Å². The molecule has 0 spiro atoms. The third-order valence-electron chi connectivity index (χ3n) is 4.82. The Labute approximate surface area is 164 Å². The number of benzene rings is 1. The van der Waals surface area contributed by atoms with Crippen LogP contribution in [0.1, 0.15) is 96.8 Å². The van der Waals surface area contributed by atoms with Gasteiger partial charge < -0.3 is 10.1 Å². The second-order valence-corrected chi connectivity index (χ2v) is 7.31. The van der Waals surface area contributed by atoms with Crippen LogP contribution in [0.4, 0.5) is 0 Å². The molecule has 0 bridgehead atoms. The Hall–Kier alpha value is -1.84. The van der Waals surface area contributed by atoms with E-state index in [1.807, 2.05) is 24.3 Å². The van der Waals surface area contributed by atoms with Gasteiger partial charge in [-0.2, -0.15) is 0 Å². The molecule has 0 radical (unpaired) electrons. The third kappa shape index (κ3) is 13.0. The number of carboxylic acid groups (broad SMARTS) is 1. The lowest BCUT2D eigenvalue weighted by Crippen LogP contribution is -1.93. The van der Waals surface area contributed by atoms with Crippen LogP contribution in [-0.2, 0) is 4.79 Å². The fraction of sp³-hybridized carbons (Fsp3) is 0.652. The first kappa shape index (κ1) is 23.2. The molecule has 2 rings (SSSR count).